The van der Waals surface area contributed by atoms with Crippen LogP contribution in [-0.4, -0.2) is 29.7 Å². The maximum absolute atomic E-state index is 5.35. The Kier molecular flexibility index (Phi) is 4.57. The van der Waals surface area contributed by atoms with E-state index < -0.39 is 0 Å². The Morgan fingerprint density at radius 2 is 2.18 bits per heavy atom. The van der Waals surface area contributed by atoms with Gasteiger partial charge in [0.1, 0.15) is 0 Å². The van der Waals surface area contributed by atoms with Crippen LogP contribution in [0.15, 0.2) is 10.6 Å². The first kappa shape index (κ1) is 12.6. The molecule has 17 heavy (non-hydrogen) atoms. The van der Waals surface area contributed by atoms with Crippen molar-refractivity contribution in [3.8, 4) is 0 Å². The maximum Gasteiger partial charge on any atom is 0.151 e. The van der Waals surface area contributed by atoms with E-state index in [1.807, 2.05) is 0 Å². The number of nitrogens with one attached hydrogen (secondary N) is 1. The standard InChI is InChI=1S/C13H23N3O/c1-11(2)8-14-9-12-7-13(17-15-12)10-16-5-3-4-6-16/h7,11,14H,3-6,8-10H2,1-2H3. The molecule has 1 aromatic heterocycles. The summed E-state index contributed by atoms with van der Waals surface area (Å²) in [5, 5.41) is 7.46. The molecule has 4 heteroatoms. The van der Waals surface area contributed by atoms with Gasteiger partial charge in [-0.05, 0) is 38.4 Å². The normalized spacial score (nSPS) is 17.1. The molecule has 1 fully saturated rings. The first-order chi connectivity index (χ1) is 8.24. The summed E-state index contributed by atoms with van der Waals surface area (Å²) in [6.45, 7) is 9.54. The lowest BCUT2D eigenvalue weighted by atomic mass is 10.2. The van der Waals surface area contributed by atoms with Crippen LogP contribution in [0.2, 0.25) is 0 Å². The van der Waals surface area contributed by atoms with Crippen LogP contribution < -0.4 is 5.32 Å². The van der Waals surface area contributed by atoms with Gasteiger partial charge in [-0.2, -0.15) is 0 Å². The number of likely N-dealkylation sites (tertiary alicyclic amines) is 1. The van der Waals surface area contributed by atoms with E-state index in [0.717, 1.165) is 31.1 Å². The predicted octanol–water partition coefficient (Wildman–Crippen LogP) is 2.02. The summed E-state index contributed by atoms with van der Waals surface area (Å²) in [7, 11) is 0. The van der Waals surface area contributed by atoms with Crippen molar-refractivity contribution < 1.29 is 4.52 Å². The van der Waals surface area contributed by atoms with Crippen molar-refractivity contribution in [2.45, 2.75) is 39.8 Å². The average Bonchev–Trinajstić information content (AvgIpc) is 2.90. The highest BCUT2D eigenvalue weighted by molar-refractivity contribution is 5.05. The lowest BCUT2D eigenvalue weighted by Crippen LogP contribution is -2.19. The highest BCUT2D eigenvalue weighted by Gasteiger charge is 2.14. The Hall–Kier alpha value is -0.870. The topological polar surface area (TPSA) is 41.3 Å². The zero-order chi connectivity index (χ0) is 12.1. The Bertz CT molecular complexity index is 329. The number of nitrogens with zero attached hydrogens (tertiary/aromatic N) is 2. The Morgan fingerprint density at radius 1 is 1.41 bits per heavy atom. The van der Waals surface area contributed by atoms with Crippen molar-refractivity contribution in [2.75, 3.05) is 19.6 Å². The molecule has 0 bridgehead atoms. The van der Waals surface area contributed by atoms with Gasteiger partial charge < -0.3 is 9.84 Å². The van der Waals surface area contributed by atoms with E-state index in [9.17, 15) is 0 Å². The van der Waals surface area contributed by atoms with Gasteiger partial charge in [-0.25, -0.2) is 0 Å². The third-order valence-electron chi connectivity index (χ3n) is 3.04. The molecule has 0 aliphatic carbocycles. The molecule has 1 aliphatic rings. The minimum Gasteiger partial charge on any atom is -0.360 e. The molecular weight excluding hydrogens is 214 g/mol. The van der Waals surface area contributed by atoms with Crippen molar-refractivity contribution in [3.05, 3.63) is 17.5 Å². The minimum absolute atomic E-state index is 0.672. The minimum atomic E-state index is 0.672. The molecular formula is C13H23N3O. The van der Waals surface area contributed by atoms with Gasteiger partial charge in [0.15, 0.2) is 5.76 Å². The number of rotatable bonds is 6. The van der Waals surface area contributed by atoms with Gasteiger partial charge in [-0.15, -0.1) is 0 Å². The first-order valence-electron chi connectivity index (χ1n) is 6.61. The summed E-state index contributed by atoms with van der Waals surface area (Å²) >= 11 is 0. The zero-order valence-electron chi connectivity index (χ0n) is 10.9. The number of aromatic nitrogens is 1. The largest absolute Gasteiger partial charge is 0.360 e. The zero-order valence-corrected chi connectivity index (χ0v) is 10.9. The quantitative estimate of drug-likeness (QED) is 0.822. The van der Waals surface area contributed by atoms with Crippen LogP contribution in [0.4, 0.5) is 0 Å². The summed E-state index contributed by atoms with van der Waals surface area (Å²) < 4.78 is 5.35. The molecule has 0 unspecified atom stereocenters. The maximum atomic E-state index is 5.35. The number of hydrogen-bond donors (Lipinski definition) is 1. The van der Waals surface area contributed by atoms with Crippen LogP contribution in [0.25, 0.3) is 0 Å². The molecule has 4 nitrogen and oxygen atoms in total. The van der Waals surface area contributed by atoms with Crippen LogP contribution in [-0.2, 0) is 13.1 Å². The molecule has 2 heterocycles. The molecule has 1 aliphatic heterocycles. The van der Waals surface area contributed by atoms with Crippen molar-refractivity contribution in [1.29, 1.82) is 0 Å². The molecule has 0 saturated carbocycles. The lowest BCUT2D eigenvalue weighted by molar-refractivity contribution is 0.272. The van der Waals surface area contributed by atoms with E-state index in [2.05, 4.69) is 35.3 Å². The van der Waals surface area contributed by atoms with Crippen LogP contribution in [0, 0.1) is 5.92 Å². The molecule has 0 radical (unpaired) electrons. The van der Waals surface area contributed by atoms with Gasteiger partial charge in [0.2, 0.25) is 0 Å². The molecule has 0 atom stereocenters. The van der Waals surface area contributed by atoms with Crippen molar-refractivity contribution in [3.63, 3.8) is 0 Å². The predicted molar refractivity (Wildman–Crippen MR) is 67.6 cm³/mol. The third-order valence-corrected chi connectivity index (χ3v) is 3.04. The van der Waals surface area contributed by atoms with Crippen LogP contribution >= 0.6 is 0 Å². The second-order valence-corrected chi connectivity index (χ2v) is 5.29. The smallest absolute Gasteiger partial charge is 0.151 e. The van der Waals surface area contributed by atoms with E-state index in [4.69, 9.17) is 4.52 Å². The second kappa shape index (κ2) is 6.17. The Balaban J connectivity index is 1.75. The fourth-order valence-corrected chi connectivity index (χ4v) is 2.16. The van der Waals surface area contributed by atoms with Crippen molar-refractivity contribution in [2.24, 2.45) is 5.92 Å². The van der Waals surface area contributed by atoms with E-state index in [-0.39, 0.29) is 0 Å². The summed E-state index contributed by atoms with van der Waals surface area (Å²) in [4.78, 5) is 2.42. The van der Waals surface area contributed by atoms with Crippen molar-refractivity contribution >= 4 is 0 Å². The van der Waals surface area contributed by atoms with Gasteiger partial charge >= 0.3 is 0 Å². The van der Waals surface area contributed by atoms with Gasteiger partial charge in [0, 0.05) is 12.6 Å². The van der Waals surface area contributed by atoms with Gasteiger partial charge in [-0.3, -0.25) is 4.90 Å². The van der Waals surface area contributed by atoms with E-state index in [1.165, 1.54) is 25.9 Å². The molecule has 1 aromatic rings. The van der Waals surface area contributed by atoms with Gasteiger partial charge in [0.05, 0.1) is 12.2 Å². The average molecular weight is 237 g/mol. The second-order valence-electron chi connectivity index (χ2n) is 5.29. The molecule has 96 valence electrons. The molecule has 1 saturated heterocycles. The summed E-state index contributed by atoms with van der Waals surface area (Å²) in [6, 6.07) is 2.08. The highest BCUT2D eigenvalue weighted by atomic mass is 16.5. The summed E-state index contributed by atoms with van der Waals surface area (Å²) in [6.07, 6.45) is 2.63. The Labute approximate surface area is 103 Å². The SMILES string of the molecule is CC(C)CNCc1cc(CN2CCCC2)on1. The summed E-state index contributed by atoms with van der Waals surface area (Å²) in [5.74, 6) is 1.67. The van der Waals surface area contributed by atoms with Crippen LogP contribution in [0.1, 0.15) is 38.1 Å². The van der Waals surface area contributed by atoms with Crippen molar-refractivity contribution in [1.82, 2.24) is 15.4 Å². The molecule has 0 amide bonds. The molecule has 1 N–H and O–H groups in total. The highest BCUT2D eigenvalue weighted by Crippen LogP contribution is 2.13. The number of hydrogen-bond acceptors (Lipinski definition) is 4. The first-order valence-corrected chi connectivity index (χ1v) is 6.61. The van der Waals surface area contributed by atoms with E-state index in [1.54, 1.807) is 0 Å². The third kappa shape index (κ3) is 4.13. The fourth-order valence-electron chi connectivity index (χ4n) is 2.16. The monoisotopic (exact) mass is 237 g/mol. The van der Waals surface area contributed by atoms with E-state index >= 15 is 0 Å². The van der Waals surface area contributed by atoms with Gasteiger partial charge in [-0.1, -0.05) is 19.0 Å². The Morgan fingerprint density at radius 3 is 2.88 bits per heavy atom. The molecule has 0 aromatic carbocycles. The molecule has 2 rings (SSSR count). The van der Waals surface area contributed by atoms with Gasteiger partial charge in [0.25, 0.3) is 0 Å². The van der Waals surface area contributed by atoms with Crippen LogP contribution in [0.5, 0.6) is 0 Å². The fraction of sp³-hybridized carbons (Fsp3) is 0.769. The summed E-state index contributed by atoms with van der Waals surface area (Å²) in [5.41, 5.74) is 1.01. The van der Waals surface area contributed by atoms with E-state index in [0.29, 0.717) is 5.92 Å². The van der Waals surface area contributed by atoms with Crippen LogP contribution in [0.3, 0.4) is 0 Å². The lowest BCUT2D eigenvalue weighted by Gasteiger charge is -2.10. The molecule has 0 spiro atoms.